The first-order valence-electron chi connectivity index (χ1n) is 6.43. The molecule has 0 amide bonds. The molecule has 0 aliphatic heterocycles. The molecule has 0 aliphatic carbocycles. The van der Waals surface area contributed by atoms with E-state index in [9.17, 15) is 0 Å². The Labute approximate surface area is 110 Å². The van der Waals surface area contributed by atoms with Crippen molar-refractivity contribution in [3.63, 3.8) is 0 Å². The van der Waals surface area contributed by atoms with Gasteiger partial charge in [0.1, 0.15) is 5.75 Å². The molecule has 0 heterocycles. The van der Waals surface area contributed by atoms with Crippen LogP contribution in [0.2, 0.25) is 0 Å². The van der Waals surface area contributed by atoms with E-state index in [1.165, 1.54) is 11.1 Å². The lowest BCUT2D eigenvalue weighted by atomic mass is 9.90. The molecule has 0 spiro atoms. The van der Waals surface area contributed by atoms with E-state index in [-0.39, 0.29) is 12.0 Å². The summed E-state index contributed by atoms with van der Waals surface area (Å²) in [5, 5.41) is 12.4. The van der Waals surface area contributed by atoms with Crippen LogP contribution in [0.4, 0.5) is 0 Å². The molecule has 1 aromatic carbocycles. The van der Waals surface area contributed by atoms with Gasteiger partial charge in [-0.25, -0.2) is 0 Å². The number of benzene rings is 1. The molecule has 0 atom stereocenters. The van der Waals surface area contributed by atoms with Crippen molar-refractivity contribution in [3.05, 3.63) is 29.3 Å². The van der Waals surface area contributed by atoms with E-state index < -0.39 is 0 Å². The summed E-state index contributed by atoms with van der Waals surface area (Å²) in [5.41, 5.74) is 2.53. The van der Waals surface area contributed by atoms with Crippen molar-refractivity contribution in [1.29, 1.82) is 0 Å². The fraction of sp³-hybridized carbons (Fsp3) is 0.600. The smallest absolute Gasteiger partial charge is 0.123 e. The molecule has 0 unspecified atom stereocenters. The van der Waals surface area contributed by atoms with Crippen LogP contribution in [0.15, 0.2) is 18.2 Å². The van der Waals surface area contributed by atoms with Gasteiger partial charge in [0.05, 0.1) is 7.11 Å². The first-order chi connectivity index (χ1) is 8.48. The molecule has 0 radical (unpaired) electrons. The van der Waals surface area contributed by atoms with E-state index in [1.807, 2.05) is 6.07 Å². The van der Waals surface area contributed by atoms with Crippen molar-refractivity contribution < 1.29 is 9.84 Å². The van der Waals surface area contributed by atoms with Crippen LogP contribution >= 0.6 is 0 Å². The highest BCUT2D eigenvalue weighted by atomic mass is 16.5. The molecule has 0 bridgehead atoms. The Morgan fingerprint density at radius 3 is 2.67 bits per heavy atom. The average Bonchev–Trinajstić information content (AvgIpc) is 2.29. The lowest BCUT2D eigenvalue weighted by Gasteiger charge is -2.24. The van der Waals surface area contributed by atoms with Gasteiger partial charge in [-0.2, -0.15) is 0 Å². The molecule has 3 heteroatoms. The molecule has 0 fully saturated rings. The monoisotopic (exact) mass is 251 g/mol. The predicted molar refractivity (Wildman–Crippen MR) is 74.9 cm³/mol. The molecule has 1 rings (SSSR count). The van der Waals surface area contributed by atoms with Crippen LogP contribution in [0, 0.1) is 12.3 Å². The molecule has 102 valence electrons. The first-order valence-corrected chi connectivity index (χ1v) is 6.43. The van der Waals surface area contributed by atoms with Crippen LogP contribution in [0.1, 0.15) is 31.4 Å². The number of aliphatic hydroxyl groups excluding tert-OH is 1. The van der Waals surface area contributed by atoms with Gasteiger partial charge < -0.3 is 15.2 Å². The summed E-state index contributed by atoms with van der Waals surface area (Å²) in [4.78, 5) is 0. The lowest BCUT2D eigenvalue weighted by molar-refractivity contribution is 0.207. The first kappa shape index (κ1) is 15.0. The number of nitrogens with one attached hydrogen (secondary N) is 1. The van der Waals surface area contributed by atoms with Crippen LogP contribution in [-0.4, -0.2) is 25.4 Å². The summed E-state index contributed by atoms with van der Waals surface area (Å²) in [6.45, 7) is 8.30. The van der Waals surface area contributed by atoms with Gasteiger partial charge in [-0.05, 0) is 24.8 Å². The number of ether oxygens (including phenoxy) is 1. The lowest BCUT2D eigenvalue weighted by Crippen LogP contribution is -2.30. The van der Waals surface area contributed by atoms with Crippen molar-refractivity contribution >= 4 is 0 Å². The zero-order chi connectivity index (χ0) is 13.6. The molecular formula is C15H25NO2. The minimum atomic E-state index is 0.117. The van der Waals surface area contributed by atoms with E-state index in [1.54, 1.807) is 7.11 Å². The second-order valence-corrected chi connectivity index (χ2v) is 5.56. The Balaban J connectivity index is 2.55. The summed E-state index contributed by atoms with van der Waals surface area (Å²) in [6.07, 6.45) is 0.810. The van der Waals surface area contributed by atoms with Crippen molar-refractivity contribution in [2.75, 3.05) is 20.3 Å². The van der Waals surface area contributed by atoms with Gasteiger partial charge in [-0.15, -0.1) is 0 Å². The molecule has 1 aromatic rings. The zero-order valence-corrected chi connectivity index (χ0v) is 11.9. The maximum atomic E-state index is 8.99. The van der Waals surface area contributed by atoms with Crippen LogP contribution in [0.3, 0.4) is 0 Å². The van der Waals surface area contributed by atoms with Crippen LogP contribution < -0.4 is 10.1 Å². The summed E-state index contributed by atoms with van der Waals surface area (Å²) in [7, 11) is 1.70. The number of aliphatic hydroxyl groups is 1. The second kappa shape index (κ2) is 6.76. The van der Waals surface area contributed by atoms with Gasteiger partial charge in [0.2, 0.25) is 0 Å². The molecule has 0 saturated heterocycles. The topological polar surface area (TPSA) is 41.5 Å². The fourth-order valence-electron chi connectivity index (χ4n) is 1.97. The number of aryl methyl sites for hydroxylation is 1. The van der Waals surface area contributed by atoms with Crippen molar-refractivity contribution in [2.45, 2.75) is 33.7 Å². The summed E-state index contributed by atoms with van der Waals surface area (Å²) in [5.74, 6) is 0.924. The Kier molecular flexibility index (Phi) is 5.63. The third-order valence-corrected chi connectivity index (χ3v) is 3.14. The van der Waals surface area contributed by atoms with Gasteiger partial charge in [0.25, 0.3) is 0 Å². The number of rotatable bonds is 7. The van der Waals surface area contributed by atoms with E-state index >= 15 is 0 Å². The van der Waals surface area contributed by atoms with Crippen LogP contribution in [0.5, 0.6) is 5.75 Å². The molecular weight excluding hydrogens is 226 g/mol. The zero-order valence-electron chi connectivity index (χ0n) is 11.9. The maximum absolute atomic E-state index is 8.99. The van der Waals surface area contributed by atoms with E-state index in [2.05, 4.69) is 38.2 Å². The van der Waals surface area contributed by atoms with Gasteiger partial charge in [-0.3, -0.25) is 0 Å². The van der Waals surface area contributed by atoms with Gasteiger partial charge in [0, 0.05) is 25.3 Å². The van der Waals surface area contributed by atoms with Crippen molar-refractivity contribution in [2.24, 2.45) is 5.41 Å². The van der Waals surface area contributed by atoms with Gasteiger partial charge in [0.15, 0.2) is 0 Å². The fourth-order valence-corrected chi connectivity index (χ4v) is 1.97. The van der Waals surface area contributed by atoms with Crippen molar-refractivity contribution in [1.82, 2.24) is 5.32 Å². The molecule has 0 aliphatic rings. The maximum Gasteiger partial charge on any atom is 0.123 e. The van der Waals surface area contributed by atoms with Crippen LogP contribution in [0.25, 0.3) is 0 Å². The van der Waals surface area contributed by atoms with E-state index in [0.717, 1.165) is 25.3 Å². The summed E-state index contributed by atoms with van der Waals surface area (Å²) in [6, 6.07) is 6.20. The quantitative estimate of drug-likeness (QED) is 0.782. The highest BCUT2D eigenvalue weighted by Gasteiger charge is 2.16. The molecule has 3 nitrogen and oxygen atoms in total. The average molecular weight is 251 g/mol. The minimum Gasteiger partial charge on any atom is -0.496 e. The summed E-state index contributed by atoms with van der Waals surface area (Å²) >= 11 is 0. The van der Waals surface area contributed by atoms with Gasteiger partial charge >= 0.3 is 0 Å². The third-order valence-electron chi connectivity index (χ3n) is 3.14. The minimum absolute atomic E-state index is 0.117. The standard InChI is InChI=1S/C15H25NO2/c1-12-5-6-14(18-4)13(9-12)10-16-11-15(2,3)7-8-17/h5-6,9,16-17H,7-8,10-11H2,1-4H3. The highest BCUT2D eigenvalue weighted by Crippen LogP contribution is 2.21. The second-order valence-electron chi connectivity index (χ2n) is 5.56. The van der Waals surface area contributed by atoms with E-state index in [0.29, 0.717) is 0 Å². The Morgan fingerprint density at radius 1 is 1.33 bits per heavy atom. The van der Waals surface area contributed by atoms with Crippen molar-refractivity contribution in [3.8, 4) is 5.75 Å². The van der Waals surface area contributed by atoms with Crippen LogP contribution in [-0.2, 0) is 6.54 Å². The Bertz CT molecular complexity index is 375. The van der Waals surface area contributed by atoms with Gasteiger partial charge in [-0.1, -0.05) is 31.5 Å². The largest absolute Gasteiger partial charge is 0.496 e. The number of methoxy groups -OCH3 is 1. The molecule has 0 saturated carbocycles. The molecule has 0 aromatic heterocycles. The SMILES string of the molecule is COc1ccc(C)cc1CNCC(C)(C)CCO. The summed E-state index contributed by atoms with van der Waals surface area (Å²) < 4.78 is 5.35. The number of hydrogen-bond acceptors (Lipinski definition) is 3. The molecule has 2 N–H and O–H groups in total. The highest BCUT2D eigenvalue weighted by molar-refractivity contribution is 5.36. The molecule has 18 heavy (non-hydrogen) atoms. The predicted octanol–water partition coefficient (Wildman–Crippen LogP) is 2.50. The number of hydrogen-bond donors (Lipinski definition) is 2. The Morgan fingerprint density at radius 2 is 2.06 bits per heavy atom. The van der Waals surface area contributed by atoms with E-state index in [4.69, 9.17) is 9.84 Å². The Hall–Kier alpha value is -1.06. The normalized spacial score (nSPS) is 11.6. The third kappa shape index (κ3) is 4.67.